The molecule has 0 spiro atoms. The highest BCUT2D eigenvalue weighted by Gasteiger charge is 2.24. The second-order valence-electron chi connectivity index (χ2n) is 3.74. The molecule has 7 heteroatoms. The van der Waals surface area contributed by atoms with Crippen LogP contribution in [0.2, 0.25) is 0 Å². The summed E-state index contributed by atoms with van der Waals surface area (Å²) in [5, 5.41) is 12.5. The van der Waals surface area contributed by atoms with Gasteiger partial charge in [-0.3, -0.25) is 4.79 Å². The lowest BCUT2D eigenvalue weighted by atomic mass is 10.1. The molecule has 90 valence electrons. The van der Waals surface area contributed by atoms with Crippen molar-refractivity contribution in [3.63, 3.8) is 0 Å². The SMILES string of the molecule is CC(C)(O)C(=O)Nc1ccc(CS(=O)O)s1. The quantitative estimate of drug-likeness (QED) is 0.712. The van der Waals surface area contributed by atoms with Crippen LogP contribution < -0.4 is 5.32 Å². The van der Waals surface area contributed by atoms with E-state index >= 15 is 0 Å². The molecule has 0 saturated heterocycles. The smallest absolute Gasteiger partial charge is 0.256 e. The van der Waals surface area contributed by atoms with Crippen LogP contribution in [0.3, 0.4) is 0 Å². The van der Waals surface area contributed by atoms with Crippen LogP contribution in [0.5, 0.6) is 0 Å². The van der Waals surface area contributed by atoms with Crippen molar-refractivity contribution < 1.29 is 18.7 Å². The number of nitrogens with one attached hydrogen (secondary N) is 1. The first-order valence-corrected chi connectivity index (χ1v) is 6.58. The van der Waals surface area contributed by atoms with E-state index in [-0.39, 0.29) is 5.75 Å². The predicted molar refractivity (Wildman–Crippen MR) is 63.7 cm³/mol. The molecule has 0 aromatic carbocycles. The average molecular weight is 263 g/mol. The maximum atomic E-state index is 11.4. The maximum absolute atomic E-state index is 11.4. The van der Waals surface area contributed by atoms with Gasteiger partial charge < -0.3 is 15.0 Å². The van der Waals surface area contributed by atoms with Crippen molar-refractivity contribution in [1.29, 1.82) is 0 Å². The van der Waals surface area contributed by atoms with Gasteiger partial charge in [0.05, 0.1) is 10.8 Å². The average Bonchev–Trinajstić information content (AvgIpc) is 2.49. The lowest BCUT2D eigenvalue weighted by Crippen LogP contribution is -2.36. The van der Waals surface area contributed by atoms with Crippen LogP contribution in [-0.4, -0.2) is 25.4 Å². The predicted octanol–water partition coefficient (Wildman–Crippen LogP) is 1.18. The van der Waals surface area contributed by atoms with Crippen molar-refractivity contribution in [2.45, 2.75) is 25.2 Å². The highest BCUT2D eigenvalue weighted by Crippen LogP contribution is 2.23. The van der Waals surface area contributed by atoms with E-state index in [0.717, 1.165) is 0 Å². The first kappa shape index (κ1) is 13.3. The van der Waals surface area contributed by atoms with Crippen molar-refractivity contribution >= 4 is 33.3 Å². The summed E-state index contributed by atoms with van der Waals surface area (Å²) in [5.41, 5.74) is -1.44. The third-order valence-corrected chi connectivity index (χ3v) is 3.46. The van der Waals surface area contributed by atoms with Gasteiger partial charge in [0.1, 0.15) is 5.60 Å². The molecule has 0 radical (unpaired) electrons. The van der Waals surface area contributed by atoms with Crippen molar-refractivity contribution in [2.75, 3.05) is 5.32 Å². The minimum atomic E-state index is -1.88. The molecule has 0 saturated carbocycles. The molecule has 3 N–H and O–H groups in total. The molecule has 1 rings (SSSR count). The molecule has 5 nitrogen and oxygen atoms in total. The van der Waals surface area contributed by atoms with E-state index in [2.05, 4.69) is 5.32 Å². The number of hydrogen-bond acceptors (Lipinski definition) is 4. The Kier molecular flexibility index (Phi) is 4.20. The molecule has 0 aliphatic carbocycles. The van der Waals surface area contributed by atoms with Crippen LogP contribution in [0.4, 0.5) is 5.00 Å². The number of amides is 1. The molecule has 1 aromatic heterocycles. The molecule has 0 aliphatic rings. The van der Waals surface area contributed by atoms with Crippen molar-refractivity contribution in [2.24, 2.45) is 0 Å². The standard InChI is InChI=1S/C9H13NO4S2/c1-9(2,12)8(11)10-7-4-3-6(15-7)5-16(13)14/h3-4,12H,5H2,1-2H3,(H,10,11)(H,13,14). The van der Waals surface area contributed by atoms with Crippen LogP contribution in [0.15, 0.2) is 12.1 Å². The van der Waals surface area contributed by atoms with Gasteiger partial charge in [-0.25, -0.2) is 4.21 Å². The van der Waals surface area contributed by atoms with Gasteiger partial charge in [-0.05, 0) is 26.0 Å². The van der Waals surface area contributed by atoms with Gasteiger partial charge in [0.15, 0.2) is 11.1 Å². The molecule has 0 aliphatic heterocycles. The fraction of sp³-hybridized carbons (Fsp3) is 0.444. The zero-order valence-electron chi connectivity index (χ0n) is 8.89. The molecule has 1 atom stereocenters. The molecule has 16 heavy (non-hydrogen) atoms. The molecule has 1 amide bonds. The summed E-state index contributed by atoms with van der Waals surface area (Å²) in [4.78, 5) is 12.1. The molecule has 0 bridgehead atoms. The van der Waals surface area contributed by atoms with Gasteiger partial charge in [0.2, 0.25) is 0 Å². The molecule has 1 aromatic rings. The van der Waals surface area contributed by atoms with Crippen LogP contribution in [0.25, 0.3) is 0 Å². The third kappa shape index (κ3) is 4.01. The second-order valence-corrected chi connectivity index (χ2v) is 5.84. The molecule has 1 heterocycles. The number of carbonyl (C=O) groups is 1. The molecule has 1 unspecified atom stereocenters. The summed E-state index contributed by atoms with van der Waals surface area (Å²) in [6.45, 7) is 2.78. The van der Waals surface area contributed by atoms with Gasteiger partial charge >= 0.3 is 0 Å². The van der Waals surface area contributed by atoms with Gasteiger partial charge in [-0.1, -0.05) is 0 Å². The van der Waals surface area contributed by atoms with Crippen LogP contribution in [0, 0.1) is 0 Å². The van der Waals surface area contributed by atoms with Crippen LogP contribution in [0.1, 0.15) is 18.7 Å². The lowest BCUT2D eigenvalue weighted by molar-refractivity contribution is -0.130. The fourth-order valence-electron chi connectivity index (χ4n) is 0.909. The second kappa shape index (κ2) is 5.05. The summed E-state index contributed by atoms with van der Waals surface area (Å²) in [6.07, 6.45) is 0. The van der Waals surface area contributed by atoms with E-state index in [9.17, 15) is 14.1 Å². The Labute approximate surface area is 99.8 Å². The normalized spacial score (nSPS) is 13.5. The van der Waals surface area contributed by atoms with Gasteiger partial charge in [-0.2, -0.15) is 0 Å². The van der Waals surface area contributed by atoms with E-state index in [0.29, 0.717) is 9.88 Å². The Balaban J connectivity index is 2.66. The van der Waals surface area contributed by atoms with E-state index in [1.807, 2.05) is 0 Å². The minimum absolute atomic E-state index is 0.0447. The van der Waals surface area contributed by atoms with Crippen molar-refractivity contribution in [3.8, 4) is 0 Å². The molecule has 0 fully saturated rings. The van der Waals surface area contributed by atoms with Gasteiger partial charge in [-0.15, -0.1) is 11.3 Å². The summed E-state index contributed by atoms with van der Waals surface area (Å²) >= 11 is -0.675. The topological polar surface area (TPSA) is 86.6 Å². The number of aliphatic hydroxyl groups is 1. The van der Waals surface area contributed by atoms with Crippen LogP contribution >= 0.6 is 11.3 Å². The minimum Gasteiger partial charge on any atom is -0.381 e. The third-order valence-electron chi connectivity index (χ3n) is 1.72. The Morgan fingerprint density at radius 2 is 2.19 bits per heavy atom. The summed E-state index contributed by atoms with van der Waals surface area (Å²) in [7, 11) is 0. The number of thiophene rings is 1. The van der Waals surface area contributed by atoms with E-state index in [1.165, 1.54) is 25.2 Å². The van der Waals surface area contributed by atoms with Crippen molar-refractivity contribution in [1.82, 2.24) is 0 Å². The number of anilines is 1. The monoisotopic (exact) mass is 263 g/mol. The first-order chi connectivity index (χ1) is 7.29. The van der Waals surface area contributed by atoms with Gasteiger partial charge in [0.25, 0.3) is 5.91 Å². The van der Waals surface area contributed by atoms with E-state index < -0.39 is 22.6 Å². The zero-order chi connectivity index (χ0) is 12.3. The Morgan fingerprint density at radius 1 is 1.56 bits per heavy atom. The largest absolute Gasteiger partial charge is 0.381 e. The summed E-state index contributed by atoms with van der Waals surface area (Å²) in [5.74, 6) is -0.464. The zero-order valence-corrected chi connectivity index (χ0v) is 10.5. The van der Waals surface area contributed by atoms with Crippen molar-refractivity contribution in [3.05, 3.63) is 17.0 Å². The Bertz CT molecular complexity index is 408. The molecular weight excluding hydrogens is 250 g/mol. The molecular formula is C9H13NO4S2. The Morgan fingerprint density at radius 3 is 2.69 bits per heavy atom. The summed E-state index contributed by atoms with van der Waals surface area (Å²) < 4.78 is 19.2. The highest BCUT2D eigenvalue weighted by atomic mass is 32.2. The van der Waals surface area contributed by atoms with E-state index in [4.69, 9.17) is 4.55 Å². The lowest BCUT2D eigenvalue weighted by Gasteiger charge is -2.15. The first-order valence-electron chi connectivity index (χ1n) is 4.49. The highest BCUT2D eigenvalue weighted by molar-refractivity contribution is 7.78. The fourth-order valence-corrected chi connectivity index (χ4v) is 2.49. The van der Waals surface area contributed by atoms with Crippen LogP contribution in [-0.2, 0) is 21.6 Å². The number of carbonyl (C=O) groups excluding carboxylic acids is 1. The van der Waals surface area contributed by atoms with E-state index in [1.54, 1.807) is 12.1 Å². The number of hydrogen-bond donors (Lipinski definition) is 3. The Hall–Kier alpha value is -0.760. The summed E-state index contributed by atoms with van der Waals surface area (Å²) in [6, 6.07) is 3.30. The maximum Gasteiger partial charge on any atom is 0.256 e. The number of rotatable bonds is 4. The van der Waals surface area contributed by atoms with Gasteiger partial charge in [0, 0.05) is 4.88 Å².